The lowest BCUT2D eigenvalue weighted by molar-refractivity contribution is 0.00692. The molecular formula is C15H32N2O. The second-order valence-electron chi connectivity index (χ2n) is 6.28. The minimum Gasteiger partial charge on any atom is -0.377 e. The van der Waals surface area contributed by atoms with Crippen molar-refractivity contribution in [3.8, 4) is 0 Å². The number of hydrogen-bond donors (Lipinski definition) is 1. The van der Waals surface area contributed by atoms with E-state index in [4.69, 9.17) is 4.74 Å². The fraction of sp³-hybridized carbons (Fsp3) is 1.00. The lowest BCUT2D eigenvalue weighted by Crippen LogP contribution is -2.59. The highest BCUT2D eigenvalue weighted by molar-refractivity contribution is 4.93. The lowest BCUT2D eigenvalue weighted by Gasteiger charge is -2.44. The van der Waals surface area contributed by atoms with Crippen LogP contribution in [0.25, 0.3) is 0 Å². The zero-order chi connectivity index (χ0) is 13.6. The molecule has 3 heteroatoms. The van der Waals surface area contributed by atoms with E-state index in [0.717, 1.165) is 6.61 Å². The first kappa shape index (κ1) is 15.9. The van der Waals surface area contributed by atoms with E-state index in [1.54, 1.807) is 0 Å². The SMILES string of the molecule is CNC(COC(C)C)C(C)(C)N1CCCCCC1. The molecule has 0 aromatic heterocycles. The number of likely N-dealkylation sites (N-methyl/N-ethyl adjacent to an activating group) is 1. The molecule has 1 rings (SSSR count). The number of likely N-dealkylation sites (tertiary alicyclic amines) is 1. The van der Waals surface area contributed by atoms with E-state index in [9.17, 15) is 0 Å². The van der Waals surface area contributed by atoms with Gasteiger partial charge in [0.25, 0.3) is 0 Å². The van der Waals surface area contributed by atoms with Crippen molar-refractivity contribution in [3.05, 3.63) is 0 Å². The molecule has 1 fully saturated rings. The molecule has 1 heterocycles. The van der Waals surface area contributed by atoms with E-state index < -0.39 is 0 Å². The Morgan fingerprint density at radius 1 is 1.11 bits per heavy atom. The third-order valence-electron chi connectivity index (χ3n) is 4.22. The smallest absolute Gasteiger partial charge is 0.0640 e. The Bertz CT molecular complexity index is 221. The van der Waals surface area contributed by atoms with Gasteiger partial charge in [0.1, 0.15) is 0 Å². The van der Waals surface area contributed by atoms with Gasteiger partial charge in [-0.1, -0.05) is 12.8 Å². The Kier molecular flexibility index (Phi) is 6.61. The largest absolute Gasteiger partial charge is 0.377 e. The fourth-order valence-electron chi connectivity index (χ4n) is 2.80. The van der Waals surface area contributed by atoms with Gasteiger partial charge in [-0.3, -0.25) is 4.90 Å². The minimum absolute atomic E-state index is 0.161. The minimum atomic E-state index is 0.161. The van der Waals surface area contributed by atoms with Crippen LogP contribution in [0.3, 0.4) is 0 Å². The average molecular weight is 256 g/mol. The van der Waals surface area contributed by atoms with E-state index >= 15 is 0 Å². The van der Waals surface area contributed by atoms with Gasteiger partial charge in [0.05, 0.1) is 12.7 Å². The molecule has 0 bridgehead atoms. The molecule has 0 saturated carbocycles. The van der Waals surface area contributed by atoms with Crippen LogP contribution in [0.1, 0.15) is 53.4 Å². The molecule has 108 valence electrons. The van der Waals surface area contributed by atoms with Crippen LogP contribution in [0.4, 0.5) is 0 Å². The van der Waals surface area contributed by atoms with Gasteiger partial charge in [-0.25, -0.2) is 0 Å². The first-order valence-corrected chi connectivity index (χ1v) is 7.52. The summed E-state index contributed by atoms with van der Waals surface area (Å²) >= 11 is 0. The van der Waals surface area contributed by atoms with Gasteiger partial charge < -0.3 is 10.1 Å². The predicted octanol–water partition coefficient (Wildman–Crippen LogP) is 2.65. The quantitative estimate of drug-likeness (QED) is 0.791. The average Bonchev–Trinajstić information content (AvgIpc) is 2.57. The summed E-state index contributed by atoms with van der Waals surface area (Å²) in [6.45, 7) is 12.2. The van der Waals surface area contributed by atoms with E-state index in [1.165, 1.54) is 38.8 Å². The summed E-state index contributed by atoms with van der Waals surface area (Å²) in [5, 5.41) is 3.45. The van der Waals surface area contributed by atoms with Crippen molar-refractivity contribution in [2.45, 2.75) is 71.1 Å². The van der Waals surface area contributed by atoms with E-state index in [1.807, 2.05) is 7.05 Å². The summed E-state index contributed by atoms with van der Waals surface area (Å²) in [5.41, 5.74) is 0.161. The van der Waals surface area contributed by atoms with Crippen molar-refractivity contribution in [1.29, 1.82) is 0 Å². The molecular weight excluding hydrogens is 224 g/mol. The highest BCUT2D eigenvalue weighted by atomic mass is 16.5. The van der Waals surface area contributed by atoms with Crippen molar-refractivity contribution in [2.24, 2.45) is 0 Å². The van der Waals surface area contributed by atoms with Gasteiger partial charge in [0, 0.05) is 11.6 Å². The Morgan fingerprint density at radius 3 is 2.11 bits per heavy atom. The number of nitrogens with one attached hydrogen (secondary N) is 1. The van der Waals surface area contributed by atoms with Gasteiger partial charge in [-0.2, -0.15) is 0 Å². The molecule has 0 aliphatic carbocycles. The molecule has 0 spiro atoms. The van der Waals surface area contributed by atoms with Gasteiger partial charge in [-0.05, 0) is 60.7 Å². The Morgan fingerprint density at radius 2 is 1.67 bits per heavy atom. The molecule has 0 aromatic carbocycles. The van der Waals surface area contributed by atoms with Crippen LogP contribution >= 0.6 is 0 Å². The molecule has 1 atom stereocenters. The normalized spacial score (nSPS) is 21.0. The lowest BCUT2D eigenvalue weighted by atomic mass is 9.92. The molecule has 1 aliphatic heterocycles. The summed E-state index contributed by atoms with van der Waals surface area (Å²) < 4.78 is 5.81. The highest BCUT2D eigenvalue weighted by Crippen LogP contribution is 2.23. The van der Waals surface area contributed by atoms with Crippen molar-refractivity contribution < 1.29 is 4.74 Å². The van der Waals surface area contributed by atoms with E-state index in [0.29, 0.717) is 12.1 Å². The molecule has 3 nitrogen and oxygen atoms in total. The molecule has 0 amide bonds. The van der Waals surface area contributed by atoms with Crippen LogP contribution in [0.5, 0.6) is 0 Å². The van der Waals surface area contributed by atoms with Crippen molar-refractivity contribution >= 4 is 0 Å². The van der Waals surface area contributed by atoms with Crippen molar-refractivity contribution in [2.75, 3.05) is 26.7 Å². The van der Waals surface area contributed by atoms with Gasteiger partial charge in [-0.15, -0.1) is 0 Å². The third-order valence-corrected chi connectivity index (χ3v) is 4.22. The van der Waals surface area contributed by atoms with Crippen LogP contribution < -0.4 is 5.32 Å². The second-order valence-corrected chi connectivity index (χ2v) is 6.28. The van der Waals surface area contributed by atoms with Gasteiger partial charge in [0.2, 0.25) is 0 Å². The Balaban J connectivity index is 2.61. The molecule has 0 radical (unpaired) electrons. The topological polar surface area (TPSA) is 24.5 Å². The summed E-state index contributed by atoms with van der Waals surface area (Å²) in [6.07, 6.45) is 5.76. The monoisotopic (exact) mass is 256 g/mol. The maximum Gasteiger partial charge on any atom is 0.0640 e. The molecule has 1 aliphatic rings. The van der Waals surface area contributed by atoms with Crippen molar-refractivity contribution in [1.82, 2.24) is 10.2 Å². The van der Waals surface area contributed by atoms with Crippen LogP contribution in [-0.2, 0) is 4.74 Å². The van der Waals surface area contributed by atoms with Crippen molar-refractivity contribution in [3.63, 3.8) is 0 Å². The van der Waals surface area contributed by atoms with Crippen LogP contribution in [0.2, 0.25) is 0 Å². The predicted molar refractivity (Wildman–Crippen MR) is 78.1 cm³/mol. The molecule has 18 heavy (non-hydrogen) atoms. The Labute approximate surface area is 113 Å². The molecule has 1 saturated heterocycles. The van der Waals surface area contributed by atoms with E-state index in [-0.39, 0.29) is 5.54 Å². The molecule has 0 aromatic rings. The standard InChI is InChI=1S/C15H32N2O/c1-13(2)18-12-14(16-5)15(3,4)17-10-8-6-7-9-11-17/h13-14,16H,6-12H2,1-5H3. The van der Waals surface area contributed by atoms with Crippen LogP contribution in [-0.4, -0.2) is 49.3 Å². The third kappa shape index (κ3) is 4.52. The first-order chi connectivity index (χ1) is 8.48. The zero-order valence-electron chi connectivity index (χ0n) is 13.0. The number of ether oxygens (including phenoxy) is 1. The number of hydrogen-bond acceptors (Lipinski definition) is 3. The number of nitrogens with zero attached hydrogens (tertiary/aromatic N) is 1. The maximum atomic E-state index is 5.81. The summed E-state index contributed by atoms with van der Waals surface area (Å²) in [6, 6.07) is 0.387. The highest BCUT2D eigenvalue weighted by Gasteiger charge is 2.34. The Hall–Kier alpha value is -0.120. The zero-order valence-corrected chi connectivity index (χ0v) is 13.0. The van der Waals surface area contributed by atoms with Crippen LogP contribution in [0, 0.1) is 0 Å². The summed E-state index contributed by atoms with van der Waals surface area (Å²) in [7, 11) is 2.05. The molecule has 1 unspecified atom stereocenters. The number of rotatable bonds is 6. The second kappa shape index (κ2) is 7.46. The van der Waals surface area contributed by atoms with Crippen LogP contribution in [0.15, 0.2) is 0 Å². The fourth-order valence-corrected chi connectivity index (χ4v) is 2.80. The first-order valence-electron chi connectivity index (χ1n) is 7.52. The van der Waals surface area contributed by atoms with E-state index in [2.05, 4.69) is 37.9 Å². The molecule has 1 N–H and O–H groups in total. The summed E-state index contributed by atoms with van der Waals surface area (Å²) in [4.78, 5) is 2.64. The maximum absolute atomic E-state index is 5.81. The van der Waals surface area contributed by atoms with Gasteiger partial charge >= 0.3 is 0 Å². The van der Waals surface area contributed by atoms with Gasteiger partial charge in [0.15, 0.2) is 0 Å². The summed E-state index contributed by atoms with van der Waals surface area (Å²) in [5.74, 6) is 0.